The fourth-order valence-electron chi connectivity index (χ4n) is 2.99. The van der Waals surface area contributed by atoms with Crippen LogP contribution in [0, 0.1) is 0 Å². The minimum Gasteiger partial charge on any atom is -0.454 e. The van der Waals surface area contributed by atoms with E-state index in [0.717, 1.165) is 5.56 Å². The third-order valence-electron chi connectivity index (χ3n) is 4.35. The van der Waals surface area contributed by atoms with Crippen molar-refractivity contribution < 1.29 is 18.7 Å². The number of amides is 1. The van der Waals surface area contributed by atoms with E-state index in [1.165, 1.54) is 0 Å². The molecule has 0 saturated carbocycles. The molecule has 2 heterocycles. The average Bonchev–Trinajstić information content (AvgIpc) is 3.33. The van der Waals surface area contributed by atoms with Gasteiger partial charge in [-0.25, -0.2) is 4.98 Å². The fourth-order valence-corrected chi connectivity index (χ4v) is 3.18. The van der Waals surface area contributed by atoms with Crippen molar-refractivity contribution in [2.45, 2.75) is 0 Å². The van der Waals surface area contributed by atoms with Crippen LogP contribution in [0.2, 0.25) is 5.02 Å². The fraction of sp³-hybridized carbons (Fsp3) is 0.0476. The van der Waals surface area contributed by atoms with Gasteiger partial charge >= 0.3 is 0 Å². The number of aromatic nitrogens is 1. The van der Waals surface area contributed by atoms with Gasteiger partial charge < -0.3 is 19.2 Å². The maximum Gasteiger partial charge on any atom is 0.255 e. The standard InChI is InChI=1S/C21H13ClN2O4/c22-14-3-1-2-13(8-14)21-24-16-10-15(5-7-17(16)28-21)23-20(25)12-4-6-18-19(9-12)27-11-26-18/h1-10H,11H2,(H,23,25). The van der Waals surface area contributed by atoms with Crippen molar-refractivity contribution in [3.8, 4) is 23.0 Å². The molecule has 1 N–H and O–H groups in total. The Morgan fingerprint density at radius 2 is 1.89 bits per heavy atom. The quantitative estimate of drug-likeness (QED) is 0.523. The predicted molar refractivity (Wildman–Crippen MR) is 105 cm³/mol. The number of ether oxygens (including phenoxy) is 2. The Hall–Kier alpha value is -3.51. The molecule has 1 aliphatic heterocycles. The molecule has 138 valence electrons. The molecule has 0 unspecified atom stereocenters. The molecule has 3 aromatic carbocycles. The molecular weight excluding hydrogens is 380 g/mol. The van der Waals surface area contributed by atoms with Gasteiger partial charge in [0, 0.05) is 21.8 Å². The molecule has 7 heteroatoms. The number of nitrogens with zero attached hydrogens (tertiary/aromatic N) is 1. The number of rotatable bonds is 3. The topological polar surface area (TPSA) is 73.6 Å². The van der Waals surface area contributed by atoms with E-state index >= 15 is 0 Å². The van der Waals surface area contributed by atoms with E-state index in [-0.39, 0.29) is 12.7 Å². The smallest absolute Gasteiger partial charge is 0.255 e. The Labute approximate surface area is 164 Å². The van der Waals surface area contributed by atoms with E-state index in [2.05, 4.69) is 10.3 Å². The molecule has 0 aliphatic carbocycles. The van der Waals surface area contributed by atoms with Gasteiger partial charge in [-0.1, -0.05) is 17.7 Å². The maximum atomic E-state index is 12.5. The van der Waals surface area contributed by atoms with Crippen LogP contribution >= 0.6 is 11.6 Å². The number of hydrogen-bond acceptors (Lipinski definition) is 5. The van der Waals surface area contributed by atoms with Gasteiger partial charge in [0.05, 0.1) is 0 Å². The number of oxazole rings is 1. The van der Waals surface area contributed by atoms with Gasteiger partial charge in [0.2, 0.25) is 12.7 Å². The summed E-state index contributed by atoms with van der Waals surface area (Å²) in [5.41, 5.74) is 3.13. The predicted octanol–water partition coefficient (Wildman–Crippen LogP) is 5.13. The third kappa shape index (κ3) is 3.04. The normalized spacial score (nSPS) is 12.3. The van der Waals surface area contributed by atoms with Gasteiger partial charge in [-0.2, -0.15) is 0 Å². The van der Waals surface area contributed by atoms with Crippen molar-refractivity contribution in [3.63, 3.8) is 0 Å². The minimum absolute atomic E-state index is 0.165. The highest BCUT2D eigenvalue weighted by molar-refractivity contribution is 6.30. The molecule has 5 rings (SSSR count). The number of carbonyl (C=O) groups is 1. The van der Waals surface area contributed by atoms with Gasteiger partial charge in [-0.15, -0.1) is 0 Å². The summed E-state index contributed by atoms with van der Waals surface area (Å²) in [7, 11) is 0. The van der Waals surface area contributed by atoms with Gasteiger partial charge in [-0.3, -0.25) is 4.79 Å². The van der Waals surface area contributed by atoms with Crippen molar-refractivity contribution in [1.29, 1.82) is 0 Å². The second kappa shape index (κ2) is 6.58. The SMILES string of the molecule is O=C(Nc1ccc2oc(-c3cccc(Cl)c3)nc2c1)c1ccc2c(c1)OCO2. The van der Waals surface area contributed by atoms with Crippen molar-refractivity contribution in [2.75, 3.05) is 12.1 Å². The maximum absolute atomic E-state index is 12.5. The number of nitrogens with one attached hydrogen (secondary N) is 1. The molecule has 4 aromatic rings. The number of hydrogen-bond donors (Lipinski definition) is 1. The molecule has 0 atom stereocenters. The Morgan fingerprint density at radius 1 is 1.00 bits per heavy atom. The lowest BCUT2D eigenvalue weighted by atomic mass is 10.2. The summed E-state index contributed by atoms with van der Waals surface area (Å²) in [6.07, 6.45) is 0. The average molecular weight is 393 g/mol. The molecule has 1 aliphatic rings. The zero-order valence-electron chi connectivity index (χ0n) is 14.4. The van der Waals surface area contributed by atoms with E-state index in [1.807, 2.05) is 12.1 Å². The summed E-state index contributed by atoms with van der Waals surface area (Å²) in [5.74, 6) is 1.41. The van der Waals surface area contributed by atoms with Crippen molar-refractivity contribution in [3.05, 3.63) is 71.2 Å². The minimum atomic E-state index is -0.254. The molecular formula is C21H13ClN2O4. The summed E-state index contributed by atoms with van der Waals surface area (Å²) < 4.78 is 16.4. The monoisotopic (exact) mass is 392 g/mol. The van der Waals surface area contributed by atoms with Gasteiger partial charge in [-0.05, 0) is 54.6 Å². The van der Waals surface area contributed by atoms with Crippen LogP contribution in [-0.4, -0.2) is 17.7 Å². The largest absolute Gasteiger partial charge is 0.454 e. The Balaban J connectivity index is 1.41. The number of benzene rings is 3. The van der Waals surface area contributed by atoms with Gasteiger partial charge in [0.15, 0.2) is 17.1 Å². The Morgan fingerprint density at radius 3 is 2.79 bits per heavy atom. The lowest BCUT2D eigenvalue weighted by Crippen LogP contribution is -2.11. The van der Waals surface area contributed by atoms with Gasteiger partial charge in [0.25, 0.3) is 5.91 Å². The molecule has 28 heavy (non-hydrogen) atoms. The summed E-state index contributed by atoms with van der Waals surface area (Å²) in [4.78, 5) is 17.0. The lowest BCUT2D eigenvalue weighted by Gasteiger charge is -2.05. The molecule has 0 fully saturated rings. The van der Waals surface area contributed by atoms with Crippen LogP contribution < -0.4 is 14.8 Å². The van der Waals surface area contributed by atoms with E-state index in [1.54, 1.807) is 48.5 Å². The molecule has 0 radical (unpaired) electrons. The number of anilines is 1. The van der Waals surface area contributed by atoms with Crippen LogP contribution in [0.3, 0.4) is 0 Å². The van der Waals surface area contributed by atoms with Crippen LogP contribution in [0.15, 0.2) is 65.1 Å². The molecule has 1 aromatic heterocycles. The first-order valence-electron chi connectivity index (χ1n) is 8.53. The summed E-state index contributed by atoms with van der Waals surface area (Å²) in [6.45, 7) is 0.165. The third-order valence-corrected chi connectivity index (χ3v) is 4.59. The van der Waals surface area contributed by atoms with Crippen LogP contribution in [0.4, 0.5) is 5.69 Å². The zero-order valence-corrected chi connectivity index (χ0v) is 15.2. The molecule has 6 nitrogen and oxygen atoms in total. The highest BCUT2D eigenvalue weighted by Crippen LogP contribution is 2.33. The summed E-state index contributed by atoms with van der Waals surface area (Å²) in [6, 6.07) is 17.6. The second-order valence-corrected chi connectivity index (χ2v) is 6.67. The van der Waals surface area contributed by atoms with Crippen LogP contribution in [0.25, 0.3) is 22.6 Å². The number of fused-ring (bicyclic) bond motifs is 2. The zero-order chi connectivity index (χ0) is 19.1. The highest BCUT2D eigenvalue weighted by atomic mass is 35.5. The van der Waals surface area contributed by atoms with E-state index in [0.29, 0.717) is 44.8 Å². The molecule has 0 saturated heterocycles. The number of halogens is 1. The number of carbonyl (C=O) groups excluding carboxylic acids is 1. The molecule has 1 amide bonds. The van der Waals surface area contributed by atoms with Crippen LogP contribution in [0.5, 0.6) is 11.5 Å². The van der Waals surface area contributed by atoms with Crippen LogP contribution in [0.1, 0.15) is 10.4 Å². The molecule has 0 spiro atoms. The van der Waals surface area contributed by atoms with Crippen molar-refractivity contribution >= 4 is 34.3 Å². The Kier molecular flexibility index (Phi) is 3.91. The highest BCUT2D eigenvalue weighted by Gasteiger charge is 2.17. The second-order valence-electron chi connectivity index (χ2n) is 6.23. The summed E-state index contributed by atoms with van der Waals surface area (Å²) in [5, 5.41) is 3.47. The van der Waals surface area contributed by atoms with Gasteiger partial charge in [0.1, 0.15) is 5.52 Å². The first kappa shape index (κ1) is 16.6. The Bertz CT molecular complexity index is 1220. The first-order chi connectivity index (χ1) is 13.7. The van der Waals surface area contributed by atoms with E-state index in [4.69, 9.17) is 25.5 Å². The van der Waals surface area contributed by atoms with Crippen molar-refractivity contribution in [1.82, 2.24) is 4.98 Å². The van der Waals surface area contributed by atoms with E-state index < -0.39 is 0 Å². The summed E-state index contributed by atoms with van der Waals surface area (Å²) >= 11 is 6.04. The van der Waals surface area contributed by atoms with E-state index in [9.17, 15) is 4.79 Å². The van der Waals surface area contributed by atoms with Crippen molar-refractivity contribution in [2.24, 2.45) is 0 Å². The first-order valence-corrected chi connectivity index (χ1v) is 8.91. The lowest BCUT2D eigenvalue weighted by molar-refractivity contribution is 0.102. The van der Waals surface area contributed by atoms with Crippen LogP contribution in [-0.2, 0) is 0 Å². The molecule has 0 bridgehead atoms.